The molecular weight excluding hydrogens is 277 g/mol. The van der Waals surface area contributed by atoms with Crippen LogP contribution in [0.3, 0.4) is 0 Å². The van der Waals surface area contributed by atoms with Crippen molar-refractivity contribution in [1.29, 1.82) is 0 Å². The lowest BCUT2D eigenvalue weighted by Gasteiger charge is -2.11. The molecule has 106 valence electrons. The molecule has 20 heavy (non-hydrogen) atoms. The summed E-state index contributed by atoms with van der Waals surface area (Å²) in [6.45, 7) is -0.464. The van der Waals surface area contributed by atoms with Crippen molar-refractivity contribution < 1.29 is 22.7 Å². The highest BCUT2D eigenvalue weighted by Crippen LogP contribution is 2.29. The molecule has 0 spiro atoms. The number of aromatic nitrogens is 2. The van der Waals surface area contributed by atoms with Gasteiger partial charge in [-0.2, -0.15) is 13.2 Å². The van der Waals surface area contributed by atoms with Gasteiger partial charge < -0.3 is 4.74 Å². The zero-order chi connectivity index (χ0) is 14.9. The number of halogens is 3. The van der Waals surface area contributed by atoms with E-state index < -0.39 is 29.9 Å². The molecule has 5 nitrogen and oxygen atoms in total. The summed E-state index contributed by atoms with van der Waals surface area (Å²) in [4.78, 5) is 26.2. The molecule has 0 saturated heterocycles. The summed E-state index contributed by atoms with van der Waals surface area (Å²) in [5.41, 5.74) is -1.75. The van der Waals surface area contributed by atoms with Crippen LogP contribution < -0.4 is 5.56 Å². The predicted molar refractivity (Wildman–Crippen MR) is 63.0 cm³/mol. The number of hydrogen-bond acceptors (Lipinski definition) is 4. The van der Waals surface area contributed by atoms with Crippen molar-refractivity contribution in [2.45, 2.75) is 12.7 Å². The van der Waals surface area contributed by atoms with Gasteiger partial charge in [0, 0.05) is 17.6 Å². The van der Waals surface area contributed by atoms with Crippen LogP contribution in [0.25, 0.3) is 10.9 Å². The third-order valence-corrected chi connectivity index (χ3v) is 2.68. The van der Waals surface area contributed by atoms with Crippen LogP contribution in [0, 0.1) is 0 Å². The maximum Gasteiger partial charge on any atom is 0.433 e. The van der Waals surface area contributed by atoms with Crippen molar-refractivity contribution in [3.63, 3.8) is 0 Å². The van der Waals surface area contributed by atoms with Crippen LogP contribution in [0.1, 0.15) is 5.69 Å². The largest absolute Gasteiger partial charge is 0.468 e. The van der Waals surface area contributed by atoms with E-state index in [9.17, 15) is 22.8 Å². The predicted octanol–water partition coefficient (Wildman–Crippen LogP) is 1.59. The normalized spacial score (nSPS) is 11.6. The molecule has 2 aromatic heterocycles. The lowest BCUT2D eigenvalue weighted by molar-refractivity contribution is -0.141. The second-order valence-corrected chi connectivity index (χ2v) is 3.96. The van der Waals surface area contributed by atoms with Gasteiger partial charge in [-0.1, -0.05) is 0 Å². The van der Waals surface area contributed by atoms with Crippen molar-refractivity contribution in [1.82, 2.24) is 9.55 Å². The van der Waals surface area contributed by atoms with E-state index in [4.69, 9.17) is 0 Å². The van der Waals surface area contributed by atoms with Gasteiger partial charge in [0.15, 0.2) is 0 Å². The summed E-state index contributed by atoms with van der Waals surface area (Å²) in [6, 6.07) is 3.23. The number of carbonyl (C=O) groups excluding carboxylic acids is 1. The number of carbonyl (C=O) groups is 1. The number of pyridine rings is 2. The number of nitrogens with zero attached hydrogens (tertiary/aromatic N) is 2. The molecule has 0 saturated carbocycles. The molecule has 0 bridgehead atoms. The van der Waals surface area contributed by atoms with E-state index in [1.54, 1.807) is 0 Å². The van der Waals surface area contributed by atoms with Crippen molar-refractivity contribution in [3.8, 4) is 0 Å². The minimum atomic E-state index is -4.63. The van der Waals surface area contributed by atoms with Crippen molar-refractivity contribution in [2.75, 3.05) is 7.11 Å². The summed E-state index contributed by atoms with van der Waals surface area (Å²) in [5, 5.41) is 0.321. The first-order chi connectivity index (χ1) is 9.32. The Morgan fingerprint density at radius 2 is 2.10 bits per heavy atom. The first-order valence-electron chi connectivity index (χ1n) is 5.46. The van der Waals surface area contributed by atoms with Crippen LogP contribution in [-0.4, -0.2) is 22.6 Å². The zero-order valence-corrected chi connectivity index (χ0v) is 10.3. The molecule has 0 aliphatic carbocycles. The molecule has 2 rings (SSSR count). The van der Waals surface area contributed by atoms with Gasteiger partial charge in [-0.25, -0.2) is 0 Å². The SMILES string of the molecule is COC(=O)Cn1c(=O)ccc2cnc(C(F)(F)F)cc21. The summed E-state index contributed by atoms with van der Waals surface area (Å²) >= 11 is 0. The van der Waals surface area contributed by atoms with Crippen LogP contribution in [-0.2, 0) is 22.3 Å². The smallest absolute Gasteiger partial charge is 0.433 e. The van der Waals surface area contributed by atoms with Crippen molar-refractivity contribution in [2.24, 2.45) is 0 Å². The second-order valence-electron chi connectivity index (χ2n) is 3.96. The maximum absolute atomic E-state index is 12.6. The number of methoxy groups -OCH3 is 1. The Hall–Kier alpha value is -2.38. The van der Waals surface area contributed by atoms with Crippen LogP contribution >= 0.6 is 0 Å². The molecule has 0 unspecified atom stereocenters. The average Bonchev–Trinajstić information content (AvgIpc) is 2.40. The maximum atomic E-state index is 12.6. The fourth-order valence-corrected chi connectivity index (χ4v) is 1.70. The van der Waals surface area contributed by atoms with E-state index in [-0.39, 0.29) is 5.52 Å². The Morgan fingerprint density at radius 1 is 1.40 bits per heavy atom. The molecule has 0 aromatic carbocycles. The molecule has 0 aliphatic rings. The van der Waals surface area contributed by atoms with Crippen LogP contribution in [0.2, 0.25) is 0 Å². The Labute approximate surface area is 110 Å². The highest BCUT2D eigenvalue weighted by Gasteiger charge is 2.32. The van der Waals surface area contributed by atoms with Gasteiger partial charge >= 0.3 is 12.1 Å². The first kappa shape index (κ1) is 14.0. The molecule has 0 N–H and O–H groups in total. The topological polar surface area (TPSA) is 61.2 Å². The number of alkyl halides is 3. The number of hydrogen-bond donors (Lipinski definition) is 0. The molecule has 2 heterocycles. The Kier molecular flexibility index (Phi) is 3.47. The Balaban J connectivity index is 2.68. The van der Waals surface area contributed by atoms with Crippen LogP contribution in [0.5, 0.6) is 0 Å². The fraction of sp³-hybridized carbons (Fsp3) is 0.250. The third kappa shape index (κ3) is 2.63. The van der Waals surface area contributed by atoms with E-state index in [1.165, 1.54) is 6.07 Å². The standard InChI is InChI=1S/C12H9F3N2O3/c1-20-11(19)6-17-8-4-9(12(13,14)15)16-5-7(8)2-3-10(17)18/h2-5H,6H2,1H3. The summed E-state index contributed by atoms with van der Waals surface area (Å²) in [6.07, 6.45) is -3.62. The summed E-state index contributed by atoms with van der Waals surface area (Å²) in [5.74, 6) is -0.732. The van der Waals surface area contributed by atoms with Gasteiger partial charge in [0.25, 0.3) is 5.56 Å². The zero-order valence-electron chi connectivity index (χ0n) is 10.3. The Morgan fingerprint density at radius 3 is 2.70 bits per heavy atom. The van der Waals surface area contributed by atoms with E-state index in [0.29, 0.717) is 5.39 Å². The van der Waals surface area contributed by atoms with Crippen LogP contribution in [0.15, 0.2) is 29.2 Å². The monoisotopic (exact) mass is 286 g/mol. The van der Waals surface area contributed by atoms with E-state index >= 15 is 0 Å². The molecule has 2 aromatic rings. The van der Waals surface area contributed by atoms with E-state index in [2.05, 4.69) is 9.72 Å². The van der Waals surface area contributed by atoms with Gasteiger partial charge in [0.2, 0.25) is 0 Å². The minimum absolute atomic E-state index is 0.0229. The molecule has 8 heteroatoms. The number of ether oxygens (including phenoxy) is 1. The van der Waals surface area contributed by atoms with Gasteiger partial charge in [-0.3, -0.25) is 19.1 Å². The van der Waals surface area contributed by atoms with Gasteiger partial charge in [0.1, 0.15) is 12.2 Å². The molecule has 0 fully saturated rings. The van der Waals surface area contributed by atoms with Gasteiger partial charge in [-0.15, -0.1) is 0 Å². The highest BCUT2D eigenvalue weighted by molar-refractivity contribution is 5.80. The Bertz CT molecular complexity index is 722. The highest BCUT2D eigenvalue weighted by atomic mass is 19.4. The van der Waals surface area contributed by atoms with Crippen LogP contribution in [0.4, 0.5) is 13.2 Å². The molecule has 0 aliphatic heterocycles. The lowest BCUT2D eigenvalue weighted by Crippen LogP contribution is -2.25. The average molecular weight is 286 g/mol. The molecular formula is C12H9F3N2O3. The van der Waals surface area contributed by atoms with Crippen molar-refractivity contribution >= 4 is 16.9 Å². The molecule has 0 atom stereocenters. The number of fused-ring (bicyclic) bond motifs is 1. The fourth-order valence-electron chi connectivity index (χ4n) is 1.70. The second kappa shape index (κ2) is 4.95. The quantitative estimate of drug-likeness (QED) is 0.787. The van der Waals surface area contributed by atoms with Gasteiger partial charge in [0.05, 0.1) is 12.6 Å². The van der Waals surface area contributed by atoms with Gasteiger partial charge in [-0.05, 0) is 12.1 Å². The molecule has 0 radical (unpaired) electrons. The third-order valence-electron chi connectivity index (χ3n) is 2.68. The minimum Gasteiger partial charge on any atom is -0.468 e. The van der Waals surface area contributed by atoms with Crippen molar-refractivity contribution in [3.05, 3.63) is 40.4 Å². The molecule has 0 amide bonds. The first-order valence-corrected chi connectivity index (χ1v) is 5.46. The van der Waals surface area contributed by atoms with E-state index in [0.717, 1.165) is 30.0 Å². The number of esters is 1. The number of rotatable bonds is 2. The van der Waals surface area contributed by atoms with E-state index in [1.807, 2.05) is 0 Å². The summed E-state index contributed by atoms with van der Waals surface area (Å²) in [7, 11) is 1.13. The lowest BCUT2D eigenvalue weighted by atomic mass is 10.2. The summed E-state index contributed by atoms with van der Waals surface area (Å²) < 4.78 is 43.2.